The average molecular weight is 501 g/mol. The van der Waals surface area contributed by atoms with Gasteiger partial charge < -0.3 is 9.64 Å². The van der Waals surface area contributed by atoms with E-state index in [1.165, 1.54) is 17.6 Å². The molecule has 2 aromatic heterocycles. The number of hydrogen-bond acceptors (Lipinski definition) is 7. The molecule has 6 nitrogen and oxygen atoms in total. The van der Waals surface area contributed by atoms with Crippen LogP contribution < -0.4 is 9.64 Å². The van der Waals surface area contributed by atoms with Crippen LogP contribution in [0.4, 0.5) is 5.82 Å². The number of sulfone groups is 1. The number of halogens is 1. The predicted octanol–water partition coefficient (Wildman–Crippen LogP) is 4.51. The Labute approximate surface area is 201 Å². The number of hydrogen-bond donors (Lipinski definition) is 0. The molecule has 0 aliphatic carbocycles. The van der Waals surface area contributed by atoms with Crippen molar-refractivity contribution >= 4 is 37.2 Å². The average Bonchev–Trinajstić information content (AvgIpc) is 3.21. The van der Waals surface area contributed by atoms with Gasteiger partial charge in [0, 0.05) is 38.3 Å². The monoisotopic (exact) mass is 500 g/mol. The minimum Gasteiger partial charge on any atom is -0.467 e. The van der Waals surface area contributed by atoms with Gasteiger partial charge >= 0.3 is 0 Å². The molecule has 3 heterocycles. The van der Waals surface area contributed by atoms with E-state index in [9.17, 15) is 8.42 Å². The molecule has 2 aromatic carbocycles. The van der Waals surface area contributed by atoms with Crippen molar-refractivity contribution in [3.05, 3.63) is 65.8 Å². The Balaban J connectivity index is 1.26. The van der Waals surface area contributed by atoms with Crippen molar-refractivity contribution in [1.82, 2.24) is 9.97 Å². The molecule has 1 aliphatic heterocycles. The third-order valence-corrected chi connectivity index (χ3v) is 8.02. The first kappa shape index (κ1) is 22.1. The van der Waals surface area contributed by atoms with Crippen molar-refractivity contribution in [3.8, 4) is 16.3 Å². The molecule has 33 heavy (non-hydrogen) atoms. The van der Waals surface area contributed by atoms with Crippen LogP contribution in [-0.4, -0.2) is 43.8 Å². The van der Waals surface area contributed by atoms with Gasteiger partial charge in [-0.3, -0.25) is 0 Å². The summed E-state index contributed by atoms with van der Waals surface area (Å²) in [5.74, 6) is 0.958. The van der Waals surface area contributed by atoms with Gasteiger partial charge in [-0.15, -0.1) is 0 Å². The summed E-state index contributed by atoms with van der Waals surface area (Å²) in [5, 5.41) is 1.43. The number of pyridine rings is 1. The smallest absolute Gasteiger partial charge is 0.274 e. The number of nitrogens with zero attached hydrogens (tertiary/aromatic N) is 3. The summed E-state index contributed by atoms with van der Waals surface area (Å²) in [6.07, 6.45) is 4.88. The lowest BCUT2D eigenvalue weighted by Crippen LogP contribution is -2.38. The van der Waals surface area contributed by atoms with Gasteiger partial charge in [-0.25, -0.2) is 18.4 Å². The second-order valence-electron chi connectivity index (χ2n) is 8.12. The van der Waals surface area contributed by atoms with Gasteiger partial charge in [0.25, 0.3) is 5.19 Å². The zero-order valence-electron chi connectivity index (χ0n) is 18.0. The quantitative estimate of drug-likeness (QED) is 0.401. The molecule has 9 heteroatoms. The first-order valence-electron chi connectivity index (χ1n) is 10.6. The highest BCUT2D eigenvalue weighted by Gasteiger charge is 2.23. The van der Waals surface area contributed by atoms with E-state index in [0.29, 0.717) is 10.1 Å². The fraction of sp³-hybridized carbons (Fsp3) is 0.250. The number of anilines is 1. The molecule has 4 aromatic rings. The maximum atomic E-state index is 11.7. The molecule has 0 N–H and O–H groups in total. The summed E-state index contributed by atoms with van der Waals surface area (Å²) in [4.78, 5) is 11.7. The lowest BCUT2D eigenvalue weighted by atomic mass is 10.1. The molecule has 170 valence electrons. The van der Waals surface area contributed by atoms with Crippen LogP contribution in [0, 0.1) is 11.6 Å². The molecular formula is C24H23ClN3O3S2+. The normalized spacial score (nSPS) is 15.2. The van der Waals surface area contributed by atoms with E-state index in [0.717, 1.165) is 58.1 Å². The van der Waals surface area contributed by atoms with Gasteiger partial charge in [0.1, 0.15) is 11.9 Å². The Morgan fingerprint density at radius 3 is 2.42 bits per heavy atom. The van der Waals surface area contributed by atoms with Crippen molar-refractivity contribution < 1.29 is 24.8 Å². The van der Waals surface area contributed by atoms with Crippen LogP contribution in [0.15, 0.2) is 65.7 Å². The van der Waals surface area contributed by atoms with Gasteiger partial charge in [-0.2, -0.15) is 0 Å². The number of ether oxygens (including phenoxy) is 1. The summed E-state index contributed by atoms with van der Waals surface area (Å²) >= 11 is 6.66. The Bertz CT molecular complexity index is 1380. The van der Waals surface area contributed by atoms with Crippen molar-refractivity contribution in [1.29, 1.82) is 0 Å². The number of rotatable bonds is 5. The fourth-order valence-electron chi connectivity index (χ4n) is 3.93. The standard InChI is InChI=1S/C24H23ClN3O3S2/c1-33(29,30)20-6-2-16(3-7-20)17-4-8-21-22(14-17)32-24(27-21)31-19-10-12-28(13-11-19)23-9-5-18(25)15-26-23/h2-9,14-15,19,25H,10-13H2,1H3/q+1. The molecule has 1 aliphatic rings. The number of fused-ring (bicyclic) bond motifs is 1. The summed E-state index contributed by atoms with van der Waals surface area (Å²) in [6.45, 7) is 1.76. The maximum Gasteiger partial charge on any atom is 0.274 e. The Morgan fingerprint density at radius 2 is 1.76 bits per heavy atom. The van der Waals surface area contributed by atoms with E-state index in [1.807, 2.05) is 36.4 Å². The third-order valence-electron chi connectivity index (χ3n) is 5.74. The first-order chi connectivity index (χ1) is 15.8. The molecule has 1 fully saturated rings. The molecule has 0 atom stereocenters. The number of piperidine rings is 1. The highest BCUT2D eigenvalue weighted by atomic mass is 35.5. The van der Waals surface area contributed by atoms with Crippen molar-refractivity contribution in [2.45, 2.75) is 23.8 Å². The predicted molar refractivity (Wildman–Crippen MR) is 129 cm³/mol. The van der Waals surface area contributed by atoms with E-state index in [2.05, 4.69) is 20.9 Å². The molecule has 0 unspecified atom stereocenters. The highest BCUT2D eigenvalue weighted by molar-refractivity contribution is 7.90. The summed E-state index contributed by atoms with van der Waals surface area (Å²) in [5.41, 5.74) is 2.88. The highest BCUT2D eigenvalue weighted by Crippen LogP contribution is 2.33. The van der Waals surface area contributed by atoms with E-state index in [4.69, 9.17) is 16.3 Å². The molecule has 5 rings (SSSR count). The van der Waals surface area contributed by atoms with Gasteiger partial charge in [0.15, 0.2) is 21.4 Å². The van der Waals surface area contributed by atoms with Crippen molar-refractivity contribution in [2.75, 3.05) is 24.2 Å². The van der Waals surface area contributed by atoms with Crippen molar-refractivity contribution in [2.24, 2.45) is 0 Å². The summed E-state index contributed by atoms with van der Waals surface area (Å²) in [6, 6.07) is 16.9. The molecule has 0 saturated carbocycles. The number of benzene rings is 2. The lowest BCUT2D eigenvalue weighted by Gasteiger charge is -2.32. The van der Waals surface area contributed by atoms with Gasteiger partial charge in [0.05, 0.1) is 21.3 Å². The molecule has 0 amide bonds. The number of thiazole rings is 1. The first-order valence-corrected chi connectivity index (χ1v) is 13.7. The van der Waals surface area contributed by atoms with Crippen molar-refractivity contribution in [3.63, 3.8) is 0 Å². The van der Waals surface area contributed by atoms with Crippen LogP contribution in [0.5, 0.6) is 5.19 Å². The minimum absolute atomic E-state index is 0.128. The Hall–Kier alpha value is -2.68. The van der Waals surface area contributed by atoms with E-state index < -0.39 is 9.84 Å². The Morgan fingerprint density at radius 1 is 1.03 bits per heavy atom. The maximum absolute atomic E-state index is 11.7. The van der Waals surface area contributed by atoms with E-state index in [1.54, 1.807) is 18.3 Å². The van der Waals surface area contributed by atoms with Crippen LogP contribution in [-0.2, 0) is 9.84 Å². The molecular weight excluding hydrogens is 478 g/mol. The van der Waals surface area contributed by atoms with Crippen LogP contribution >= 0.6 is 11.3 Å². The fourth-order valence-corrected chi connectivity index (χ4v) is 5.60. The van der Waals surface area contributed by atoms with Crippen LogP contribution in [0.3, 0.4) is 0 Å². The molecule has 0 radical (unpaired) electrons. The minimum atomic E-state index is -3.20. The number of aromatic nitrogens is 2. The van der Waals surface area contributed by atoms with E-state index >= 15 is 0 Å². The zero-order chi connectivity index (χ0) is 23.0. The summed E-state index contributed by atoms with van der Waals surface area (Å²) < 4.78 is 30.6. The second-order valence-corrected chi connectivity index (χ2v) is 11.6. The van der Waals surface area contributed by atoms with Crippen LogP contribution in [0.1, 0.15) is 12.8 Å². The van der Waals surface area contributed by atoms with Gasteiger partial charge in [-0.05, 0) is 41.5 Å². The second kappa shape index (κ2) is 8.93. The topological polar surface area (TPSA) is 72.4 Å². The summed E-state index contributed by atoms with van der Waals surface area (Å²) in [7, 11) is -3.20. The SMILES string of the molecule is CS(=O)(=O)c1ccc(-c2ccc3nc(OC4CCN(c5ccc([ClH+])cn5)CC4)sc3c2)cc1. The van der Waals surface area contributed by atoms with E-state index in [-0.39, 0.29) is 6.10 Å². The van der Waals surface area contributed by atoms with Gasteiger partial charge in [-0.1, -0.05) is 29.5 Å². The largest absolute Gasteiger partial charge is 0.467 e. The van der Waals surface area contributed by atoms with Gasteiger partial charge in [0.2, 0.25) is 5.02 Å². The van der Waals surface area contributed by atoms with Crippen LogP contribution in [0.25, 0.3) is 21.3 Å². The molecule has 0 spiro atoms. The molecule has 0 bridgehead atoms. The third kappa shape index (κ3) is 4.98. The lowest BCUT2D eigenvalue weighted by molar-refractivity contribution is -0.289. The molecule has 1 saturated heterocycles. The van der Waals surface area contributed by atoms with Crippen LogP contribution in [0.2, 0.25) is 5.02 Å². The Kier molecular flexibility index (Phi) is 5.99. The zero-order valence-corrected chi connectivity index (χ0v) is 20.4.